The molecule has 1 amide bonds. The fraction of sp³-hybridized carbons (Fsp3) is 0.458. The first-order valence-corrected chi connectivity index (χ1v) is 10.2. The molecule has 3 rings (SSSR count). The lowest BCUT2D eigenvalue weighted by atomic mass is 9.98. The van der Waals surface area contributed by atoms with Gasteiger partial charge in [-0.3, -0.25) is 9.69 Å². The maximum absolute atomic E-state index is 12.9. The third-order valence-corrected chi connectivity index (χ3v) is 5.65. The van der Waals surface area contributed by atoms with E-state index in [9.17, 15) is 4.79 Å². The van der Waals surface area contributed by atoms with Crippen molar-refractivity contribution in [3.8, 4) is 17.2 Å². The highest BCUT2D eigenvalue weighted by Crippen LogP contribution is 2.33. The smallest absolute Gasteiger partial charge is 0.237 e. The molecule has 2 aromatic rings. The van der Waals surface area contributed by atoms with Gasteiger partial charge in [0.2, 0.25) is 5.91 Å². The number of hydrogen-bond donors (Lipinski definition) is 0. The molecule has 6 heteroatoms. The Morgan fingerprint density at radius 3 is 2.13 bits per heavy atom. The van der Waals surface area contributed by atoms with Gasteiger partial charge in [0, 0.05) is 19.6 Å². The van der Waals surface area contributed by atoms with Gasteiger partial charge in [-0.15, -0.1) is 0 Å². The van der Waals surface area contributed by atoms with Crippen LogP contribution in [0.4, 0.5) is 0 Å². The molecule has 0 spiro atoms. The fourth-order valence-electron chi connectivity index (χ4n) is 4.25. The van der Waals surface area contributed by atoms with Crippen LogP contribution in [0.5, 0.6) is 17.2 Å². The van der Waals surface area contributed by atoms with Gasteiger partial charge in [0.15, 0.2) is 11.5 Å². The Balaban J connectivity index is 1.64. The van der Waals surface area contributed by atoms with Crippen LogP contribution in [-0.4, -0.2) is 57.2 Å². The molecule has 0 saturated carbocycles. The second kappa shape index (κ2) is 9.39. The summed E-state index contributed by atoms with van der Waals surface area (Å²) in [4.78, 5) is 16.9. The summed E-state index contributed by atoms with van der Waals surface area (Å²) in [5, 5.41) is 0. The predicted molar refractivity (Wildman–Crippen MR) is 117 cm³/mol. The van der Waals surface area contributed by atoms with Crippen molar-refractivity contribution < 1.29 is 19.0 Å². The maximum Gasteiger partial charge on any atom is 0.237 e. The second-order valence-corrected chi connectivity index (χ2v) is 7.98. The fourth-order valence-corrected chi connectivity index (χ4v) is 4.25. The highest BCUT2D eigenvalue weighted by Gasteiger charge is 2.23. The Morgan fingerprint density at radius 2 is 1.57 bits per heavy atom. The molecule has 30 heavy (non-hydrogen) atoms. The van der Waals surface area contributed by atoms with Crippen molar-refractivity contribution >= 4 is 5.91 Å². The molecule has 1 aliphatic heterocycles. The molecule has 0 aromatic heterocycles. The summed E-state index contributed by atoms with van der Waals surface area (Å²) in [6, 6.07) is 8.27. The van der Waals surface area contributed by atoms with E-state index in [0.29, 0.717) is 25.4 Å². The van der Waals surface area contributed by atoms with Crippen molar-refractivity contribution in [2.24, 2.45) is 0 Å². The van der Waals surface area contributed by atoms with Crippen molar-refractivity contribution in [3.05, 3.63) is 52.1 Å². The molecule has 0 radical (unpaired) electrons. The molecule has 1 aliphatic rings. The number of likely N-dealkylation sites (N-methyl/N-ethyl adjacent to an activating group) is 1. The number of nitrogens with zero attached hydrogens (tertiary/aromatic N) is 2. The van der Waals surface area contributed by atoms with E-state index in [-0.39, 0.29) is 5.91 Å². The number of hydrogen-bond acceptors (Lipinski definition) is 5. The topological polar surface area (TPSA) is 51.2 Å². The number of carbonyl (C=O) groups excluding carboxylic acids is 1. The van der Waals surface area contributed by atoms with E-state index in [4.69, 9.17) is 14.2 Å². The van der Waals surface area contributed by atoms with Crippen LogP contribution in [0, 0.1) is 13.8 Å². The third kappa shape index (κ3) is 4.70. The maximum atomic E-state index is 12.9. The lowest BCUT2D eigenvalue weighted by Crippen LogP contribution is -2.41. The van der Waals surface area contributed by atoms with Gasteiger partial charge < -0.3 is 19.1 Å². The summed E-state index contributed by atoms with van der Waals surface area (Å²) in [6.45, 7) is 6.52. The first kappa shape index (κ1) is 22.0. The molecule has 0 atom stereocenters. The van der Waals surface area contributed by atoms with Crippen molar-refractivity contribution in [2.45, 2.75) is 33.4 Å². The van der Waals surface area contributed by atoms with Crippen LogP contribution in [-0.2, 0) is 24.3 Å². The lowest BCUT2D eigenvalue weighted by molar-refractivity contribution is -0.133. The minimum absolute atomic E-state index is 0.139. The quantitative estimate of drug-likeness (QED) is 0.698. The summed E-state index contributed by atoms with van der Waals surface area (Å²) in [7, 11) is 6.96. The standard InChI is InChI=1S/C24H32N2O4/c1-16-9-18(10-17(2)24(16)30-6)13-25(3)15-23(27)26-8-7-19-11-21(28-4)22(29-5)12-20(19)14-26/h9-12H,7-8,13-15H2,1-6H3. The van der Waals surface area contributed by atoms with Crippen LogP contribution in [0.2, 0.25) is 0 Å². The summed E-state index contributed by atoms with van der Waals surface area (Å²) in [6.07, 6.45) is 0.821. The van der Waals surface area contributed by atoms with E-state index in [2.05, 4.69) is 30.9 Å². The van der Waals surface area contributed by atoms with Gasteiger partial charge in [-0.2, -0.15) is 0 Å². The zero-order valence-electron chi connectivity index (χ0n) is 18.9. The van der Waals surface area contributed by atoms with Gasteiger partial charge in [0.25, 0.3) is 0 Å². The van der Waals surface area contributed by atoms with E-state index < -0.39 is 0 Å². The minimum atomic E-state index is 0.139. The Kier molecular flexibility index (Phi) is 6.87. The van der Waals surface area contributed by atoms with E-state index in [1.807, 2.05) is 24.1 Å². The second-order valence-electron chi connectivity index (χ2n) is 7.98. The summed E-state index contributed by atoms with van der Waals surface area (Å²) in [5.41, 5.74) is 5.75. The normalized spacial score (nSPS) is 13.2. The molecule has 0 N–H and O–H groups in total. The highest BCUT2D eigenvalue weighted by atomic mass is 16.5. The van der Waals surface area contributed by atoms with Crippen LogP contribution in [0.25, 0.3) is 0 Å². The van der Waals surface area contributed by atoms with Crippen LogP contribution in [0.3, 0.4) is 0 Å². The summed E-state index contributed by atoms with van der Waals surface area (Å²) >= 11 is 0. The SMILES string of the molecule is COc1cc2c(cc1OC)CN(C(=O)CN(C)Cc1cc(C)c(OC)c(C)c1)CC2. The van der Waals surface area contributed by atoms with Crippen LogP contribution >= 0.6 is 0 Å². The van der Waals surface area contributed by atoms with Gasteiger partial charge in [0.1, 0.15) is 5.75 Å². The van der Waals surface area contributed by atoms with E-state index in [1.54, 1.807) is 21.3 Å². The van der Waals surface area contributed by atoms with E-state index in [1.165, 1.54) is 11.1 Å². The highest BCUT2D eigenvalue weighted by molar-refractivity contribution is 5.78. The Hall–Kier alpha value is -2.73. The molecule has 0 bridgehead atoms. The number of rotatable bonds is 7. The number of ether oxygens (including phenoxy) is 3. The Bertz CT molecular complexity index is 903. The van der Waals surface area contributed by atoms with Gasteiger partial charge in [-0.1, -0.05) is 12.1 Å². The van der Waals surface area contributed by atoms with Crippen LogP contribution < -0.4 is 14.2 Å². The number of methoxy groups -OCH3 is 3. The zero-order chi connectivity index (χ0) is 21.8. The predicted octanol–water partition coefficient (Wildman–Crippen LogP) is 3.35. The largest absolute Gasteiger partial charge is 0.496 e. The third-order valence-electron chi connectivity index (χ3n) is 5.65. The number of aryl methyl sites for hydroxylation is 2. The van der Waals surface area contributed by atoms with Crippen molar-refractivity contribution in [1.29, 1.82) is 0 Å². The first-order valence-electron chi connectivity index (χ1n) is 10.2. The molecule has 0 unspecified atom stereocenters. The zero-order valence-corrected chi connectivity index (χ0v) is 18.9. The number of carbonyl (C=O) groups is 1. The number of benzene rings is 2. The molecule has 6 nitrogen and oxygen atoms in total. The van der Waals surface area contributed by atoms with Crippen LogP contribution in [0.15, 0.2) is 24.3 Å². The van der Waals surface area contributed by atoms with Gasteiger partial charge in [-0.25, -0.2) is 0 Å². The molecule has 0 aliphatic carbocycles. The van der Waals surface area contributed by atoms with Crippen molar-refractivity contribution in [2.75, 3.05) is 41.5 Å². The number of fused-ring (bicyclic) bond motifs is 1. The molecule has 0 fully saturated rings. The van der Waals surface area contributed by atoms with Gasteiger partial charge in [-0.05, 0) is 67.3 Å². The Morgan fingerprint density at radius 1 is 0.967 bits per heavy atom. The molecular formula is C24H32N2O4. The number of amides is 1. The summed E-state index contributed by atoms with van der Waals surface area (Å²) in [5.74, 6) is 2.50. The minimum Gasteiger partial charge on any atom is -0.496 e. The molecule has 162 valence electrons. The van der Waals surface area contributed by atoms with Gasteiger partial charge >= 0.3 is 0 Å². The van der Waals surface area contributed by atoms with Gasteiger partial charge in [0.05, 0.1) is 27.9 Å². The van der Waals surface area contributed by atoms with Crippen molar-refractivity contribution in [1.82, 2.24) is 9.80 Å². The molecular weight excluding hydrogens is 380 g/mol. The molecule has 1 heterocycles. The average molecular weight is 413 g/mol. The lowest BCUT2D eigenvalue weighted by Gasteiger charge is -2.31. The van der Waals surface area contributed by atoms with E-state index in [0.717, 1.165) is 41.2 Å². The monoisotopic (exact) mass is 412 g/mol. The summed E-state index contributed by atoms with van der Waals surface area (Å²) < 4.78 is 16.3. The Labute approximate surface area is 179 Å². The average Bonchev–Trinajstić information content (AvgIpc) is 2.71. The molecule has 2 aromatic carbocycles. The van der Waals surface area contributed by atoms with Crippen molar-refractivity contribution in [3.63, 3.8) is 0 Å². The molecule has 0 saturated heterocycles. The first-order chi connectivity index (χ1) is 14.4. The van der Waals surface area contributed by atoms with E-state index >= 15 is 0 Å². The van der Waals surface area contributed by atoms with Crippen LogP contribution in [0.1, 0.15) is 27.8 Å².